The average molecular weight is 422 g/mol. The van der Waals surface area contributed by atoms with Gasteiger partial charge in [0.15, 0.2) is 5.75 Å². The maximum Gasteiger partial charge on any atom is 0.168 e. The maximum atomic E-state index is 10.2. The lowest BCUT2D eigenvalue weighted by molar-refractivity contribution is -0.841. The third kappa shape index (κ3) is 16.1. The van der Waals surface area contributed by atoms with Crippen molar-refractivity contribution >= 4 is 0 Å². The van der Waals surface area contributed by atoms with Crippen LogP contribution in [0.1, 0.15) is 65.2 Å². The van der Waals surface area contributed by atoms with Crippen LogP contribution in [0.3, 0.4) is 0 Å². The normalized spacial score (nSPS) is 13.3. The highest BCUT2D eigenvalue weighted by Gasteiger charge is 2.19. The first-order chi connectivity index (χ1) is 14.1. The van der Waals surface area contributed by atoms with E-state index in [2.05, 4.69) is 57.0 Å². The van der Waals surface area contributed by atoms with Gasteiger partial charge in [0.05, 0.1) is 12.2 Å². The minimum Gasteiger partial charge on any atom is -0.390 e. The zero-order valence-electron chi connectivity index (χ0n) is 16.8. The van der Waals surface area contributed by atoms with Crippen molar-refractivity contribution in [3.8, 4) is 5.75 Å². The second-order valence-corrected chi connectivity index (χ2v) is 6.53. The fourth-order valence-corrected chi connectivity index (χ4v) is 2.32. The highest BCUT2D eigenvalue weighted by Crippen LogP contribution is 2.19. The van der Waals surface area contributed by atoms with Crippen LogP contribution in [-0.4, -0.2) is 17.3 Å². The van der Waals surface area contributed by atoms with Gasteiger partial charge in [0, 0.05) is 26.6 Å². The van der Waals surface area contributed by atoms with Gasteiger partial charge in [0.25, 0.3) is 0 Å². The Bertz CT molecular complexity index is 472. The van der Waals surface area contributed by atoms with Crippen LogP contribution in [0.25, 0.3) is 0 Å². The van der Waals surface area contributed by atoms with Gasteiger partial charge in [-0.1, -0.05) is 63.6 Å². The van der Waals surface area contributed by atoms with Crippen LogP contribution >= 0.6 is 0 Å². The fraction of sp³-hybridized carbons (Fsp3) is 0.667. The smallest absolute Gasteiger partial charge is 0.168 e. The highest BCUT2D eigenvalue weighted by atomic mass is 17.9. The topological polar surface area (TPSA) is 113 Å². The predicted octanol–water partition coefficient (Wildman–Crippen LogP) is 4.34. The Morgan fingerprint density at radius 3 is 2.00 bits per heavy atom. The van der Waals surface area contributed by atoms with Gasteiger partial charge in [-0.25, -0.2) is 4.89 Å². The van der Waals surface area contributed by atoms with E-state index in [-0.39, 0.29) is 6.61 Å². The Balaban J connectivity index is 1.81. The van der Waals surface area contributed by atoms with Gasteiger partial charge in [-0.3, -0.25) is 0 Å². The summed E-state index contributed by atoms with van der Waals surface area (Å²) in [6.07, 6.45) is 8.02. The molecule has 0 amide bonds. The quantitative estimate of drug-likeness (QED) is 0.184. The first-order valence-corrected chi connectivity index (χ1v) is 9.54. The molecule has 1 N–H and O–H groups in total. The van der Waals surface area contributed by atoms with Crippen LogP contribution < -0.4 is 4.89 Å². The van der Waals surface area contributed by atoms with Crippen LogP contribution in [0.4, 0.5) is 0 Å². The number of para-hydroxylation sites is 1. The van der Waals surface area contributed by atoms with Crippen LogP contribution in [0.2, 0.25) is 0 Å². The van der Waals surface area contributed by atoms with E-state index in [0.29, 0.717) is 18.6 Å². The van der Waals surface area contributed by atoms with E-state index in [1.165, 1.54) is 25.7 Å². The fourth-order valence-electron chi connectivity index (χ4n) is 2.32. The molecule has 1 aromatic rings. The summed E-state index contributed by atoms with van der Waals surface area (Å²) in [5, 5.41) is 42.1. The molecule has 1 unspecified atom stereocenters. The maximum absolute atomic E-state index is 10.2. The summed E-state index contributed by atoms with van der Waals surface area (Å²) in [6.45, 7) is 4.01. The molecule has 0 spiro atoms. The third-order valence-electron chi connectivity index (χ3n) is 3.91. The van der Waals surface area contributed by atoms with Crippen molar-refractivity contribution in [2.45, 2.75) is 70.8 Å². The summed E-state index contributed by atoms with van der Waals surface area (Å²) in [5.41, 5.74) is -0.846. The molecule has 1 atom stereocenters. The molecule has 11 heteroatoms. The molecule has 11 nitrogen and oxygen atoms in total. The lowest BCUT2D eigenvalue weighted by Crippen LogP contribution is -2.26. The number of unbranched alkanes of at least 4 members (excludes halogenated alkanes) is 5. The third-order valence-corrected chi connectivity index (χ3v) is 3.91. The van der Waals surface area contributed by atoms with Gasteiger partial charge in [-0.2, -0.15) is 0 Å². The Labute approximate surface area is 169 Å². The van der Waals surface area contributed by atoms with Crippen LogP contribution in [0.15, 0.2) is 30.3 Å². The van der Waals surface area contributed by atoms with E-state index in [4.69, 9.17) is 0 Å². The molecule has 29 heavy (non-hydrogen) atoms. The molecule has 0 aliphatic heterocycles. The molecule has 0 fully saturated rings. The second-order valence-electron chi connectivity index (χ2n) is 6.53. The molecule has 0 aliphatic rings. The molecular formula is C18H30O11. The van der Waals surface area contributed by atoms with Crippen molar-refractivity contribution in [3.63, 3.8) is 0 Å². The molecule has 0 saturated carbocycles. The first-order valence-electron chi connectivity index (χ1n) is 9.54. The van der Waals surface area contributed by atoms with Crippen molar-refractivity contribution in [1.82, 2.24) is 0 Å². The lowest BCUT2D eigenvalue weighted by atomic mass is 9.95. The summed E-state index contributed by atoms with van der Waals surface area (Å²) in [5.74, 6) is 0.369. The first kappa shape index (κ1) is 25.7. The number of benzene rings is 1. The molecule has 0 aliphatic carbocycles. The summed E-state index contributed by atoms with van der Waals surface area (Å²) < 4.78 is 0. The summed E-state index contributed by atoms with van der Waals surface area (Å²) in [7, 11) is 0. The second kappa shape index (κ2) is 17.5. The van der Waals surface area contributed by atoms with Crippen LogP contribution in [0, 0.1) is 0 Å². The zero-order chi connectivity index (χ0) is 21.0. The minimum absolute atomic E-state index is 0.0807. The van der Waals surface area contributed by atoms with Gasteiger partial charge in [0.1, 0.15) is 0 Å². The highest BCUT2D eigenvalue weighted by molar-refractivity contribution is 5.19. The minimum atomic E-state index is -0.846. The lowest BCUT2D eigenvalue weighted by Gasteiger charge is -2.22. The number of aliphatic hydroxyl groups is 1. The molecule has 0 bridgehead atoms. The van der Waals surface area contributed by atoms with Crippen LogP contribution in [0.5, 0.6) is 5.75 Å². The molecule has 0 aromatic heterocycles. The van der Waals surface area contributed by atoms with Gasteiger partial charge >= 0.3 is 0 Å². The van der Waals surface area contributed by atoms with Gasteiger partial charge in [0.2, 0.25) is 0 Å². The molecule has 1 rings (SSSR count). The Morgan fingerprint density at radius 1 is 0.724 bits per heavy atom. The molecular weight excluding hydrogens is 392 g/mol. The standard InChI is InChI=1S/C18H30O11/c1-3-4-5-6-7-11-14-18(2,19)15-16-20-22-24-26-28-29-27-25-23-21-17-12-9-8-10-13-17/h8-10,12-13,19H,3-7,11,14-16H2,1-2H3. The van der Waals surface area contributed by atoms with E-state index in [9.17, 15) is 5.11 Å². The Morgan fingerprint density at radius 2 is 1.31 bits per heavy atom. The largest absolute Gasteiger partial charge is 0.390 e. The zero-order valence-corrected chi connectivity index (χ0v) is 16.8. The van der Waals surface area contributed by atoms with Crippen molar-refractivity contribution in [1.29, 1.82) is 0 Å². The van der Waals surface area contributed by atoms with Crippen LogP contribution in [-0.2, 0) is 45.2 Å². The predicted molar refractivity (Wildman–Crippen MR) is 94.9 cm³/mol. The van der Waals surface area contributed by atoms with Crippen molar-refractivity contribution in [2.24, 2.45) is 0 Å². The van der Waals surface area contributed by atoms with Crippen molar-refractivity contribution < 1.29 is 55.2 Å². The summed E-state index contributed by atoms with van der Waals surface area (Å²) in [6, 6.07) is 8.47. The van der Waals surface area contributed by atoms with Crippen molar-refractivity contribution in [3.05, 3.63) is 30.3 Å². The van der Waals surface area contributed by atoms with Gasteiger partial charge in [-0.15, -0.1) is 0 Å². The average Bonchev–Trinajstić information content (AvgIpc) is 2.72. The van der Waals surface area contributed by atoms with Gasteiger partial charge < -0.3 is 9.99 Å². The summed E-state index contributed by atoms with van der Waals surface area (Å²) >= 11 is 0. The SMILES string of the molecule is CCCCCCCCC(C)(O)CCOOOOOOOOOOc1ccccc1. The Kier molecular flexibility index (Phi) is 15.5. The van der Waals surface area contributed by atoms with E-state index in [0.717, 1.165) is 12.8 Å². The molecule has 0 radical (unpaired) electrons. The van der Waals surface area contributed by atoms with Gasteiger partial charge in [-0.05, 0) is 45.6 Å². The molecule has 1 aromatic carbocycles. The number of rotatable bonds is 20. The van der Waals surface area contributed by atoms with E-state index >= 15 is 0 Å². The molecule has 0 saturated heterocycles. The van der Waals surface area contributed by atoms with E-state index < -0.39 is 5.60 Å². The molecule has 0 heterocycles. The Hall–Kier alpha value is -1.38. The van der Waals surface area contributed by atoms with E-state index in [1.54, 1.807) is 37.3 Å². The summed E-state index contributed by atoms with van der Waals surface area (Å²) in [4.78, 5) is 9.30. The van der Waals surface area contributed by atoms with Crippen molar-refractivity contribution in [2.75, 3.05) is 6.61 Å². The number of hydrogen-bond donors (Lipinski definition) is 1. The van der Waals surface area contributed by atoms with E-state index in [1.807, 2.05) is 0 Å². The molecule has 168 valence electrons. The monoisotopic (exact) mass is 422 g/mol. The number of hydrogen-bond acceptors (Lipinski definition) is 11.